The van der Waals surface area contributed by atoms with Gasteiger partial charge in [0, 0.05) is 34.6 Å². The summed E-state index contributed by atoms with van der Waals surface area (Å²) in [5.74, 6) is 2.04. The molecule has 35 heavy (non-hydrogen) atoms. The van der Waals surface area contributed by atoms with E-state index in [1.807, 2.05) is 0 Å². The number of H-pyrrole nitrogens is 1. The minimum Gasteiger partial charge on any atom is -0.366 e. The smallest absolute Gasteiger partial charge is 0.164 e. The van der Waals surface area contributed by atoms with E-state index in [1.54, 1.807) is 6.20 Å². The van der Waals surface area contributed by atoms with Gasteiger partial charge in [-0.1, -0.05) is 39.8 Å². The second kappa shape index (κ2) is 8.00. The molecule has 4 nitrogen and oxygen atoms in total. The summed E-state index contributed by atoms with van der Waals surface area (Å²) in [6.07, 6.45) is 6.84. The highest BCUT2D eigenvalue weighted by molar-refractivity contribution is 5.98. The molecular weight excluding hydrogens is 442 g/mol. The highest BCUT2D eigenvalue weighted by atomic mass is 19.1. The summed E-state index contributed by atoms with van der Waals surface area (Å²) in [5, 5.41) is 5.29. The highest BCUT2D eigenvalue weighted by Gasteiger charge is 2.41. The normalized spacial score (nSPS) is 24.4. The van der Waals surface area contributed by atoms with Crippen LogP contribution in [0.3, 0.4) is 0 Å². The van der Waals surface area contributed by atoms with Crippen molar-refractivity contribution in [1.29, 1.82) is 0 Å². The van der Waals surface area contributed by atoms with Gasteiger partial charge in [0.2, 0.25) is 0 Å². The van der Waals surface area contributed by atoms with E-state index in [2.05, 4.69) is 56.2 Å². The maximum atomic E-state index is 14.4. The number of nitrogens with zero attached hydrogens (tertiary/aromatic N) is 2. The van der Waals surface area contributed by atoms with Crippen molar-refractivity contribution in [3.8, 4) is 11.4 Å². The van der Waals surface area contributed by atoms with Gasteiger partial charge in [0.05, 0.1) is 11.0 Å². The minimum atomic E-state index is -0.618. The molecule has 0 spiro atoms. The summed E-state index contributed by atoms with van der Waals surface area (Å²) in [6.45, 7) is 8.89. The van der Waals surface area contributed by atoms with E-state index in [1.165, 1.54) is 31.7 Å². The standard InChI is InChI=1S/C29H32F2N4/c1-15-16-8-10-17(11-9-16)24(15)33-27-19-6-5-7-22(29(2,3)4)25(19)34-28(35-27)21-14-32-26-20(21)12-18(30)13-23(26)31/h5-7,12-17,24,32H,8-11H2,1-4H3,(H,33,34,35)/t15-,16?,17?,24+/m1/s1. The van der Waals surface area contributed by atoms with Gasteiger partial charge in [0.1, 0.15) is 17.5 Å². The van der Waals surface area contributed by atoms with Crippen LogP contribution in [-0.2, 0) is 5.41 Å². The molecule has 3 fully saturated rings. The second-order valence-corrected chi connectivity index (χ2v) is 11.6. The molecule has 2 N–H and O–H groups in total. The van der Waals surface area contributed by atoms with Crippen LogP contribution in [-0.4, -0.2) is 21.0 Å². The highest BCUT2D eigenvalue weighted by Crippen LogP contribution is 2.46. The van der Waals surface area contributed by atoms with Gasteiger partial charge in [-0.15, -0.1) is 0 Å². The number of benzene rings is 2. The van der Waals surface area contributed by atoms with Gasteiger partial charge in [0.15, 0.2) is 5.82 Å². The molecule has 2 atom stereocenters. The Balaban J connectivity index is 1.56. The molecule has 7 rings (SSSR count). The molecule has 2 aromatic heterocycles. The zero-order chi connectivity index (χ0) is 24.5. The number of aromatic amines is 1. The van der Waals surface area contributed by atoms with Gasteiger partial charge >= 0.3 is 0 Å². The first-order chi connectivity index (χ1) is 16.7. The maximum Gasteiger partial charge on any atom is 0.164 e. The summed E-state index contributed by atoms with van der Waals surface area (Å²) < 4.78 is 28.6. The predicted octanol–water partition coefficient (Wildman–Crippen LogP) is 7.59. The van der Waals surface area contributed by atoms with E-state index in [-0.39, 0.29) is 10.9 Å². The Kier molecular flexibility index (Phi) is 5.13. The topological polar surface area (TPSA) is 53.6 Å². The summed E-state index contributed by atoms with van der Waals surface area (Å²) >= 11 is 0. The number of para-hydroxylation sites is 1. The molecule has 2 aromatic carbocycles. The Morgan fingerprint density at radius 1 is 0.971 bits per heavy atom. The number of nitrogens with one attached hydrogen (secondary N) is 2. The van der Waals surface area contributed by atoms with Crippen LogP contribution in [0.2, 0.25) is 0 Å². The van der Waals surface area contributed by atoms with E-state index < -0.39 is 11.6 Å². The van der Waals surface area contributed by atoms with Crippen LogP contribution in [0.25, 0.3) is 33.2 Å². The lowest BCUT2D eigenvalue weighted by atomic mass is 9.62. The third-order valence-electron chi connectivity index (χ3n) is 8.42. The van der Waals surface area contributed by atoms with Crippen LogP contribution in [0.1, 0.15) is 58.9 Å². The Morgan fingerprint density at radius 2 is 1.71 bits per heavy atom. The lowest BCUT2D eigenvalue weighted by Crippen LogP contribution is -2.47. The maximum absolute atomic E-state index is 14.4. The van der Waals surface area contributed by atoms with Gasteiger partial charge in [-0.25, -0.2) is 18.7 Å². The third-order valence-corrected chi connectivity index (χ3v) is 8.42. The Morgan fingerprint density at radius 3 is 2.43 bits per heavy atom. The van der Waals surface area contributed by atoms with E-state index in [0.717, 1.165) is 34.3 Å². The van der Waals surface area contributed by atoms with Crippen LogP contribution >= 0.6 is 0 Å². The fourth-order valence-electron chi connectivity index (χ4n) is 6.49. The van der Waals surface area contributed by atoms with Gasteiger partial charge in [0.25, 0.3) is 0 Å². The average Bonchev–Trinajstić information content (AvgIpc) is 3.24. The number of fused-ring (bicyclic) bond motifs is 5. The lowest BCUT2D eigenvalue weighted by molar-refractivity contribution is 0.0929. The van der Waals surface area contributed by atoms with E-state index >= 15 is 0 Å². The third kappa shape index (κ3) is 3.69. The van der Waals surface area contributed by atoms with E-state index in [9.17, 15) is 8.78 Å². The van der Waals surface area contributed by atoms with Crippen molar-refractivity contribution in [2.45, 2.75) is 64.8 Å². The van der Waals surface area contributed by atoms with Gasteiger partial charge in [-0.2, -0.15) is 0 Å². The number of hydrogen-bond donors (Lipinski definition) is 2. The molecule has 6 heteroatoms. The monoisotopic (exact) mass is 474 g/mol. The number of hydrogen-bond acceptors (Lipinski definition) is 3. The van der Waals surface area contributed by atoms with Crippen LogP contribution in [0.4, 0.5) is 14.6 Å². The van der Waals surface area contributed by atoms with Crippen molar-refractivity contribution in [3.05, 3.63) is 53.7 Å². The molecule has 182 valence electrons. The molecule has 3 aliphatic carbocycles. The molecule has 0 radical (unpaired) electrons. The fraction of sp³-hybridized carbons (Fsp3) is 0.448. The first kappa shape index (κ1) is 22.4. The van der Waals surface area contributed by atoms with Gasteiger partial charge in [-0.3, -0.25) is 0 Å². The van der Waals surface area contributed by atoms with E-state index in [4.69, 9.17) is 9.97 Å². The SMILES string of the molecule is C[C@@H]1C2CCC(CC2)[C@H]1Nc1nc(-c2c[nH]c3c(F)cc(F)cc23)nc2c(C(C)(C)C)cccc12. The van der Waals surface area contributed by atoms with Crippen molar-refractivity contribution in [2.75, 3.05) is 5.32 Å². The first-order valence-electron chi connectivity index (χ1n) is 12.7. The van der Waals surface area contributed by atoms with Crippen molar-refractivity contribution in [1.82, 2.24) is 15.0 Å². The Hall–Kier alpha value is -3.02. The molecule has 0 aliphatic heterocycles. The summed E-state index contributed by atoms with van der Waals surface area (Å²) in [7, 11) is 0. The lowest BCUT2D eigenvalue weighted by Gasteiger charge is -2.48. The van der Waals surface area contributed by atoms with Crippen LogP contribution in [0.5, 0.6) is 0 Å². The van der Waals surface area contributed by atoms with Crippen molar-refractivity contribution < 1.29 is 8.78 Å². The second-order valence-electron chi connectivity index (χ2n) is 11.6. The molecule has 3 saturated carbocycles. The Bertz CT molecular complexity index is 1420. The molecule has 0 unspecified atom stereocenters. The van der Waals surface area contributed by atoms with Crippen molar-refractivity contribution in [3.63, 3.8) is 0 Å². The van der Waals surface area contributed by atoms with E-state index in [0.29, 0.717) is 34.7 Å². The number of aromatic nitrogens is 3. The van der Waals surface area contributed by atoms with Crippen LogP contribution in [0, 0.1) is 29.4 Å². The Labute approximate surface area is 204 Å². The minimum absolute atomic E-state index is 0.127. The predicted molar refractivity (Wildman–Crippen MR) is 137 cm³/mol. The number of anilines is 1. The number of halogens is 2. The molecule has 3 aliphatic rings. The largest absolute Gasteiger partial charge is 0.366 e. The molecule has 2 heterocycles. The molecular formula is C29H32F2N4. The quantitative estimate of drug-likeness (QED) is 0.322. The van der Waals surface area contributed by atoms with Crippen LogP contribution in [0.15, 0.2) is 36.5 Å². The van der Waals surface area contributed by atoms with Gasteiger partial charge < -0.3 is 10.3 Å². The summed E-state index contributed by atoms with van der Waals surface area (Å²) in [6, 6.07) is 8.88. The molecule has 0 amide bonds. The van der Waals surface area contributed by atoms with Gasteiger partial charge in [-0.05, 0) is 66.5 Å². The molecule has 0 saturated heterocycles. The summed E-state index contributed by atoms with van der Waals surface area (Å²) in [4.78, 5) is 13.0. The zero-order valence-electron chi connectivity index (χ0n) is 20.8. The average molecular weight is 475 g/mol. The molecule has 2 bridgehead atoms. The fourth-order valence-corrected chi connectivity index (χ4v) is 6.49. The van der Waals surface area contributed by atoms with Crippen molar-refractivity contribution >= 4 is 27.6 Å². The number of rotatable bonds is 3. The van der Waals surface area contributed by atoms with Crippen LogP contribution < -0.4 is 5.32 Å². The zero-order valence-corrected chi connectivity index (χ0v) is 20.8. The first-order valence-corrected chi connectivity index (χ1v) is 12.7. The molecule has 4 aromatic rings. The summed E-state index contributed by atoms with van der Waals surface area (Å²) in [5.41, 5.74) is 2.74. The van der Waals surface area contributed by atoms with Crippen molar-refractivity contribution in [2.24, 2.45) is 17.8 Å².